The molecule has 0 saturated carbocycles. The standard InChI is InChI=1S/C21H18N2/c1-14-13-19(20(22)16-8-3-2-4-9-16)23-21-17(14)12-11-15-7-5-6-10-18(15)21/h2-13,20H,22H2,1H3. The van der Waals surface area contributed by atoms with Gasteiger partial charge in [0, 0.05) is 10.8 Å². The molecule has 2 heteroatoms. The molecule has 4 rings (SSSR count). The third kappa shape index (κ3) is 2.37. The van der Waals surface area contributed by atoms with Gasteiger partial charge in [0.05, 0.1) is 17.3 Å². The fourth-order valence-corrected chi connectivity index (χ4v) is 3.15. The highest BCUT2D eigenvalue weighted by Gasteiger charge is 2.13. The normalized spacial score (nSPS) is 12.6. The first-order valence-corrected chi connectivity index (χ1v) is 7.83. The minimum Gasteiger partial charge on any atom is -0.319 e. The summed E-state index contributed by atoms with van der Waals surface area (Å²) < 4.78 is 0. The summed E-state index contributed by atoms with van der Waals surface area (Å²) in [6, 6.07) is 24.7. The van der Waals surface area contributed by atoms with Gasteiger partial charge in [-0.2, -0.15) is 0 Å². The van der Waals surface area contributed by atoms with Gasteiger partial charge >= 0.3 is 0 Å². The molecule has 0 aliphatic heterocycles. The molecule has 112 valence electrons. The van der Waals surface area contributed by atoms with Crippen LogP contribution < -0.4 is 5.73 Å². The first-order chi connectivity index (χ1) is 11.2. The van der Waals surface area contributed by atoms with E-state index in [1.807, 2.05) is 18.2 Å². The summed E-state index contributed by atoms with van der Waals surface area (Å²) in [5.41, 5.74) is 10.7. The van der Waals surface area contributed by atoms with Crippen LogP contribution in [0.1, 0.15) is 22.9 Å². The SMILES string of the molecule is Cc1cc(C(N)c2ccccc2)nc2c1ccc1ccccc12. The predicted octanol–water partition coefficient (Wildman–Crippen LogP) is 4.74. The Hall–Kier alpha value is -2.71. The topological polar surface area (TPSA) is 38.9 Å². The summed E-state index contributed by atoms with van der Waals surface area (Å²) in [6.07, 6.45) is 0. The van der Waals surface area contributed by atoms with Crippen molar-refractivity contribution in [3.8, 4) is 0 Å². The maximum Gasteiger partial charge on any atom is 0.0787 e. The number of aryl methyl sites for hydroxylation is 1. The van der Waals surface area contributed by atoms with Gasteiger partial charge in [-0.15, -0.1) is 0 Å². The maximum atomic E-state index is 6.46. The largest absolute Gasteiger partial charge is 0.319 e. The minimum atomic E-state index is -0.210. The van der Waals surface area contributed by atoms with Crippen LogP contribution in [0.5, 0.6) is 0 Å². The molecule has 0 saturated heterocycles. The van der Waals surface area contributed by atoms with Crippen molar-refractivity contribution in [2.24, 2.45) is 5.73 Å². The second-order valence-corrected chi connectivity index (χ2v) is 5.94. The van der Waals surface area contributed by atoms with Crippen LogP contribution in [0, 0.1) is 6.92 Å². The summed E-state index contributed by atoms with van der Waals surface area (Å²) in [6.45, 7) is 2.12. The molecule has 1 aromatic heterocycles. The van der Waals surface area contributed by atoms with E-state index in [-0.39, 0.29) is 6.04 Å². The van der Waals surface area contributed by atoms with Gasteiger partial charge in [0.15, 0.2) is 0 Å². The number of nitrogens with two attached hydrogens (primary N) is 1. The Kier molecular flexibility index (Phi) is 3.32. The van der Waals surface area contributed by atoms with E-state index in [1.54, 1.807) is 0 Å². The number of hydrogen-bond donors (Lipinski definition) is 1. The number of fused-ring (bicyclic) bond motifs is 3. The van der Waals surface area contributed by atoms with Gasteiger partial charge in [-0.05, 0) is 29.5 Å². The number of nitrogens with zero attached hydrogens (tertiary/aromatic N) is 1. The molecule has 4 aromatic rings. The lowest BCUT2D eigenvalue weighted by Crippen LogP contribution is -2.13. The van der Waals surface area contributed by atoms with Crippen LogP contribution in [-0.4, -0.2) is 4.98 Å². The van der Waals surface area contributed by atoms with Gasteiger partial charge < -0.3 is 5.73 Å². The molecule has 23 heavy (non-hydrogen) atoms. The molecule has 2 nitrogen and oxygen atoms in total. The fraction of sp³-hybridized carbons (Fsp3) is 0.0952. The van der Waals surface area contributed by atoms with Crippen LogP contribution in [0.2, 0.25) is 0 Å². The van der Waals surface area contributed by atoms with Gasteiger partial charge in [0.2, 0.25) is 0 Å². The highest BCUT2D eigenvalue weighted by Crippen LogP contribution is 2.29. The zero-order valence-electron chi connectivity index (χ0n) is 13.0. The van der Waals surface area contributed by atoms with E-state index in [4.69, 9.17) is 10.7 Å². The van der Waals surface area contributed by atoms with Crippen LogP contribution >= 0.6 is 0 Å². The number of hydrogen-bond acceptors (Lipinski definition) is 2. The molecule has 0 fully saturated rings. The van der Waals surface area contributed by atoms with E-state index in [2.05, 4.69) is 61.5 Å². The predicted molar refractivity (Wildman–Crippen MR) is 96.5 cm³/mol. The lowest BCUT2D eigenvalue weighted by Gasteiger charge is -2.15. The molecule has 0 amide bonds. The Labute approximate surface area is 135 Å². The van der Waals surface area contributed by atoms with Crippen LogP contribution in [0.25, 0.3) is 21.7 Å². The summed E-state index contributed by atoms with van der Waals surface area (Å²) in [5, 5.41) is 3.57. The third-order valence-corrected chi connectivity index (χ3v) is 4.41. The summed E-state index contributed by atoms with van der Waals surface area (Å²) in [7, 11) is 0. The number of benzene rings is 3. The highest BCUT2D eigenvalue weighted by molar-refractivity contribution is 6.06. The monoisotopic (exact) mass is 298 g/mol. The van der Waals surface area contributed by atoms with Crippen LogP contribution in [0.3, 0.4) is 0 Å². The zero-order valence-corrected chi connectivity index (χ0v) is 13.0. The second-order valence-electron chi connectivity index (χ2n) is 5.94. The Morgan fingerprint density at radius 3 is 2.39 bits per heavy atom. The lowest BCUT2D eigenvalue weighted by molar-refractivity contribution is 0.835. The molecule has 1 atom stereocenters. The Bertz CT molecular complexity index is 990. The van der Waals surface area contributed by atoms with Crippen molar-refractivity contribution in [2.45, 2.75) is 13.0 Å². The maximum absolute atomic E-state index is 6.46. The first-order valence-electron chi connectivity index (χ1n) is 7.83. The molecule has 0 aliphatic rings. The van der Waals surface area contributed by atoms with Gasteiger partial charge in [0.25, 0.3) is 0 Å². The van der Waals surface area contributed by atoms with Crippen molar-refractivity contribution in [1.29, 1.82) is 0 Å². The van der Waals surface area contributed by atoms with Crippen LogP contribution in [-0.2, 0) is 0 Å². The van der Waals surface area contributed by atoms with E-state index < -0.39 is 0 Å². The van der Waals surface area contributed by atoms with Gasteiger partial charge in [-0.1, -0.05) is 66.7 Å². The third-order valence-electron chi connectivity index (χ3n) is 4.41. The fourth-order valence-electron chi connectivity index (χ4n) is 3.15. The van der Waals surface area contributed by atoms with Gasteiger partial charge in [-0.3, -0.25) is 4.98 Å². The lowest BCUT2D eigenvalue weighted by atomic mass is 9.99. The molecule has 2 N–H and O–H groups in total. The van der Waals surface area contributed by atoms with Gasteiger partial charge in [0.1, 0.15) is 0 Å². The summed E-state index contributed by atoms with van der Waals surface area (Å²) in [5.74, 6) is 0. The highest BCUT2D eigenvalue weighted by atomic mass is 14.8. The van der Waals surface area contributed by atoms with E-state index in [0.29, 0.717) is 0 Å². The van der Waals surface area contributed by atoms with Gasteiger partial charge in [-0.25, -0.2) is 0 Å². The van der Waals surface area contributed by atoms with E-state index in [1.165, 1.54) is 21.7 Å². The van der Waals surface area contributed by atoms with E-state index in [0.717, 1.165) is 16.8 Å². The van der Waals surface area contributed by atoms with Crippen molar-refractivity contribution >= 4 is 21.7 Å². The van der Waals surface area contributed by atoms with Crippen molar-refractivity contribution in [1.82, 2.24) is 4.98 Å². The Morgan fingerprint density at radius 2 is 1.57 bits per heavy atom. The van der Waals surface area contributed by atoms with Crippen LogP contribution in [0.4, 0.5) is 0 Å². The molecule has 3 aromatic carbocycles. The second kappa shape index (κ2) is 5.49. The average molecular weight is 298 g/mol. The Morgan fingerprint density at radius 1 is 0.826 bits per heavy atom. The van der Waals surface area contributed by atoms with Crippen molar-refractivity contribution in [3.05, 3.63) is 89.6 Å². The van der Waals surface area contributed by atoms with Crippen molar-refractivity contribution in [3.63, 3.8) is 0 Å². The smallest absolute Gasteiger partial charge is 0.0787 e. The molecule has 0 radical (unpaired) electrons. The number of pyridine rings is 1. The summed E-state index contributed by atoms with van der Waals surface area (Å²) >= 11 is 0. The quantitative estimate of drug-likeness (QED) is 0.543. The molecule has 0 aliphatic carbocycles. The molecule has 1 unspecified atom stereocenters. The van der Waals surface area contributed by atoms with E-state index in [9.17, 15) is 0 Å². The number of rotatable bonds is 2. The van der Waals surface area contributed by atoms with E-state index >= 15 is 0 Å². The molecule has 0 bridgehead atoms. The molecular formula is C21H18N2. The Balaban J connectivity index is 1.97. The first kappa shape index (κ1) is 13.9. The van der Waals surface area contributed by atoms with Crippen molar-refractivity contribution < 1.29 is 0 Å². The molecule has 1 heterocycles. The average Bonchev–Trinajstić information content (AvgIpc) is 2.61. The molecule has 0 spiro atoms. The van der Waals surface area contributed by atoms with Crippen molar-refractivity contribution in [2.75, 3.05) is 0 Å². The number of aromatic nitrogens is 1. The van der Waals surface area contributed by atoms with Crippen LogP contribution in [0.15, 0.2) is 72.8 Å². The minimum absolute atomic E-state index is 0.210. The molecular weight excluding hydrogens is 280 g/mol. The zero-order chi connectivity index (χ0) is 15.8. The summed E-state index contributed by atoms with van der Waals surface area (Å²) in [4.78, 5) is 4.92.